The summed E-state index contributed by atoms with van der Waals surface area (Å²) in [5.41, 5.74) is 6.62. The summed E-state index contributed by atoms with van der Waals surface area (Å²) in [6, 6.07) is 8.26. The Bertz CT molecular complexity index is 559. The first-order valence-corrected chi connectivity index (χ1v) is 7.82. The molecule has 7 nitrogen and oxygen atoms in total. The van der Waals surface area contributed by atoms with Crippen LogP contribution in [0.25, 0.3) is 0 Å². The van der Waals surface area contributed by atoms with Crippen molar-refractivity contribution in [2.45, 2.75) is 19.4 Å². The Morgan fingerprint density at radius 2 is 1.65 bits per heavy atom. The van der Waals surface area contributed by atoms with Crippen LogP contribution in [0.3, 0.4) is 0 Å². The van der Waals surface area contributed by atoms with Gasteiger partial charge in [-0.3, -0.25) is 9.69 Å². The van der Waals surface area contributed by atoms with Crippen molar-refractivity contribution in [3.8, 4) is 0 Å². The smallest absolute Gasteiger partial charge is 0.414 e. The van der Waals surface area contributed by atoms with Crippen LogP contribution in [0.15, 0.2) is 28.7 Å². The molecule has 4 N–H and O–H groups in total. The van der Waals surface area contributed by atoms with Gasteiger partial charge in [-0.2, -0.15) is 0 Å². The van der Waals surface area contributed by atoms with Crippen LogP contribution in [0.2, 0.25) is 0 Å². The second-order valence-corrected chi connectivity index (χ2v) is 6.01. The van der Waals surface area contributed by atoms with Gasteiger partial charge in [0.25, 0.3) is 0 Å². The van der Waals surface area contributed by atoms with Crippen molar-refractivity contribution in [1.29, 1.82) is 0 Å². The van der Waals surface area contributed by atoms with Gasteiger partial charge in [0, 0.05) is 16.9 Å². The number of carbonyl (C=O) groups is 3. The van der Waals surface area contributed by atoms with E-state index < -0.39 is 11.9 Å². The number of piperidine rings is 1. The highest BCUT2D eigenvalue weighted by molar-refractivity contribution is 9.10. The third-order valence-corrected chi connectivity index (χ3v) is 4.30. The number of benzene rings is 1. The number of rotatable bonds is 3. The summed E-state index contributed by atoms with van der Waals surface area (Å²) in [4.78, 5) is 31.6. The monoisotopic (exact) mass is 386 g/mol. The van der Waals surface area contributed by atoms with Gasteiger partial charge in [0.05, 0.1) is 0 Å². The Hall–Kier alpha value is -1.93. The number of carbonyl (C=O) groups excluding carboxylic acids is 1. The highest BCUT2D eigenvalue weighted by Crippen LogP contribution is 2.22. The number of likely N-dealkylation sites (tertiary alicyclic amines) is 1. The first-order chi connectivity index (χ1) is 10.8. The molecule has 1 amide bonds. The number of carboxylic acid groups (broad SMARTS) is 2. The summed E-state index contributed by atoms with van der Waals surface area (Å²) < 4.78 is 1.15. The molecular formula is C15H19BrN2O5. The molecule has 1 aliphatic rings. The van der Waals surface area contributed by atoms with Crippen molar-refractivity contribution in [1.82, 2.24) is 4.90 Å². The predicted octanol–water partition coefficient (Wildman–Crippen LogP) is 1.30. The summed E-state index contributed by atoms with van der Waals surface area (Å²) in [7, 11) is 0. The standard InChI is InChI=1S/C13H17BrN2O.C2H2O4/c14-12-4-2-1-3-11(12)9-16-7-5-10(6-8-16)13(15)17;3-1(4)2(5)6/h1-4,10H,5-9H2,(H2,15,17);(H,3,4)(H,5,6). The quantitative estimate of drug-likeness (QED) is 0.673. The van der Waals surface area contributed by atoms with Crippen LogP contribution in [0.1, 0.15) is 18.4 Å². The number of nitrogens with zero attached hydrogens (tertiary/aromatic N) is 1. The molecule has 1 fully saturated rings. The van der Waals surface area contributed by atoms with Gasteiger partial charge in [-0.1, -0.05) is 34.1 Å². The van der Waals surface area contributed by atoms with Crippen LogP contribution in [0.5, 0.6) is 0 Å². The zero-order chi connectivity index (χ0) is 17.4. The van der Waals surface area contributed by atoms with Crippen LogP contribution in [0, 0.1) is 5.92 Å². The van der Waals surface area contributed by atoms with Gasteiger partial charge in [-0.15, -0.1) is 0 Å². The van der Waals surface area contributed by atoms with Crippen molar-refractivity contribution in [2.75, 3.05) is 13.1 Å². The molecule has 0 aromatic heterocycles. The molecule has 0 bridgehead atoms. The van der Waals surface area contributed by atoms with Gasteiger partial charge >= 0.3 is 11.9 Å². The second kappa shape index (κ2) is 9.26. The van der Waals surface area contributed by atoms with Gasteiger partial charge in [0.15, 0.2) is 0 Å². The number of carboxylic acids is 2. The second-order valence-electron chi connectivity index (χ2n) is 5.15. The highest BCUT2D eigenvalue weighted by atomic mass is 79.9. The molecule has 0 unspecified atom stereocenters. The average molecular weight is 387 g/mol. The number of primary amides is 1. The van der Waals surface area contributed by atoms with E-state index in [0.717, 1.165) is 36.9 Å². The Morgan fingerprint density at radius 1 is 1.13 bits per heavy atom. The molecule has 0 aliphatic carbocycles. The average Bonchev–Trinajstić information content (AvgIpc) is 2.50. The molecule has 1 aromatic carbocycles. The summed E-state index contributed by atoms with van der Waals surface area (Å²) >= 11 is 3.56. The topological polar surface area (TPSA) is 121 Å². The number of halogens is 1. The zero-order valence-corrected chi connectivity index (χ0v) is 14.0. The number of hydrogen-bond donors (Lipinski definition) is 3. The Balaban J connectivity index is 0.000000379. The molecule has 1 heterocycles. The SMILES string of the molecule is NC(=O)C1CCN(Cc2ccccc2Br)CC1.O=C(O)C(=O)O. The minimum atomic E-state index is -1.82. The molecule has 126 valence electrons. The fourth-order valence-corrected chi connectivity index (χ4v) is 2.65. The van der Waals surface area contributed by atoms with Crippen molar-refractivity contribution < 1.29 is 24.6 Å². The number of aliphatic carboxylic acids is 2. The minimum absolute atomic E-state index is 0.0745. The van der Waals surface area contributed by atoms with Crippen molar-refractivity contribution in [3.05, 3.63) is 34.3 Å². The van der Waals surface area contributed by atoms with E-state index in [9.17, 15) is 4.79 Å². The largest absolute Gasteiger partial charge is 0.473 e. The molecule has 0 atom stereocenters. The zero-order valence-electron chi connectivity index (χ0n) is 12.4. The number of hydrogen-bond acceptors (Lipinski definition) is 4. The van der Waals surface area contributed by atoms with E-state index in [1.54, 1.807) is 0 Å². The molecule has 1 aromatic rings. The summed E-state index contributed by atoms with van der Waals surface area (Å²) in [6.45, 7) is 2.84. The lowest BCUT2D eigenvalue weighted by atomic mass is 9.96. The van der Waals surface area contributed by atoms with Crippen LogP contribution in [-0.2, 0) is 20.9 Å². The van der Waals surface area contributed by atoms with E-state index in [0.29, 0.717) is 0 Å². The Kier molecular flexibility index (Phi) is 7.70. The molecular weight excluding hydrogens is 368 g/mol. The van der Waals surface area contributed by atoms with Crippen LogP contribution in [0.4, 0.5) is 0 Å². The predicted molar refractivity (Wildman–Crippen MR) is 86.6 cm³/mol. The lowest BCUT2D eigenvalue weighted by molar-refractivity contribution is -0.159. The van der Waals surface area contributed by atoms with E-state index in [1.807, 2.05) is 6.07 Å². The third kappa shape index (κ3) is 6.79. The van der Waals surface area contributed by atoms with Crippen molar-refractivity contribution in [2.24, 2.45) is 11.7 Å². The lowest BCUT2D eigenvalue weighted by Gasteiger charge is -2.30. The maximum absolute atomic E-state index is 11.1. The van der Waals surface area contributed by atoms with Gasteiger partial charge in [0.2, 0.25) is 5.91 Å². The fourth-order valence-electron chi connectivity index (χ4n) is 2.24. The first-order valence-electron chi connectivity index (χ1n) is 7.02. The van der Waals surface area contributed by atoms with Gasteiger partial charge < -0.3 is 15.9 Å². The van der Waals surface area contributed by atoms with Crippen LogP contribution < -0.4 is 5.73 Å². The summed E-state index contributed by atoms with van der Waals surface area (Å²) in [5.74, 6) is -3.72. The molecule has 23 heavy (non-hydrogen) atoms. The third-order valence-electron chi connectivity index (χ3n) is 3.52. The molecule has 2 rings (SSSR count). The molecule has 0 spiro atoms. The van der Waals surface area contributed by atoms with Gasteiger partial charge in [-0.05, 0) is 37.6 Å². The molecule has 0 radical (unpaired) electrons. The summed E-state index contributed by atoms with van der Waals surface area (Å²) in [6.07, 6.45) is 1.78. The lowest BCUT2D eigenvalue weighted by Crippen LogP contribution is -2.38. The minimum Gasteiger partial charge on any atom is -0.473 e. The molecule has 1 aliphatic heterocycles. The van der Waals surface area contributed by atoms with Crippen LogP contribution in [-0.4, -0.2) is 46.0 Å². The molecule has 1 saturated heterocycles. The van der Waals surface area contributed by atoms with Crippen molar-refractivity contribution in [3.63, 3.8) is 0 Å². The Labute approximate surface area is 142 Å². The van der Waals surface area contributed by atoms with Crippen LogP contribution >= 0.6 is 15.9 Å². The highest BCUT2D eigenvalue weighted by Gasteiger charge is 2.23. The maximum Gasteiger partial charge on any atom is 0.414 e. The van der Waals surface area contributed by atoms with Gasteiger partial charge in [-0.25, -0.2) is 9.59 Å². The maximum atomic E-state index is 11.1. The summed E-state index contributed by atoms with van der Waals surface area (Å²) in [5, 5.41) is 14.8. The van der Waals surface area contributed by atoms with E-state index in [4.69, 9.17) is 25.5 Å². The van der Waals surface area contributed by atoms with Gasteiger partial charge in [0.1, 0.15) is 0 Å². The molecule has 8 heteroatoms. The number of amides is 1. The fraction of sp³-hybridized carbons (Fsp3) is 0.400. The van der Waals surface area contributed by atoms with Crippen molar-refractivity contribution >= 4 is 33.8 Å². The normalized spacial score (nSPS) is 15.3. The van der Waals surface area contributed by atoms with E-state index in [2.05, 4.69) is 39.0 Å². The van der Waals surface area contributed by atoms with E-state index >= 15 is 0 Å². The van der Waals surface area contributed by atoms with E-state index in [1.165, 1.54) is 5.56 Å². The number of nitrogens with two attached hydrogens (primary N) is 1. The first kappa shape index (κ1) is 19.1. The molecule has 0 saturated carbocycles. The van der Waals surface area contributed by atoms with E-state index in [-0.39, 0.29) is 11.8 Å². The Morgan fingerprint density at radius 3 is 2.09 bits per heavy atom.